The number of rotatable bonds is 4. The van der Waals surface area contributed by atoms with Crippen molar-refractivity contribution < 1.29 is 4.79 Å². The summed E-state index contributed by atoms with van der Waals surface area (Å²) in [6, 6.07) is 0. The molecule has 1 aromatic heterocycles. The molecule has 0 radical (unpaired) electrons. The van der Waals surface area contributed by atoms with Crippen molar-refractivity contribution in [2.24, 2.45) is 0 Å². The average molecular weight is 242 g/mol. The minimum Gasteiger partial charge on any atom is -0.351 e. The van der Waals surface area contributed by atoms with Gasteiger partial charge in [-0.05, 0) is 20.8 Å². The second-order valence-electron chi connectivity index (χ2n) is 4.52. The summed E-state index contributed by atoms with van der Waals surface area (Å²) in [6.45, 7) is 8.08. The van der Waals surface area contributed by atoms with E-state index in [1.165, 1.54) is 11.5 Å². The minimum absolute atomic E-state index is 0.0410. The summed E-state index contributed by atoms with van der Waals surface area (Å²) in [5.74, 6) is 0.768. The maximum atomic E-state index is 11.5. The molecule has 0 saturated heterocycles. The van der Waals surface area contributed by atoms with Crippen molar-refractivity contribution in [3.8, 4) is 0 Å². The molecule has 0 aliphatic rings. The Labute approximate surface area is 99.8 Å². The molecule has 0 spiro atoms. The first-order valence-electron chi connectivity index (χ1n) is 5.28. The van der Waals surface area contributed by atoms with Crippen LogP contribution >= 0.6 is 11.5 Å². The van der Waals surface area contributed by atoms with Crippen molar-refractivity contribution >= 4 is 22.6 Å². The normalized spacial score (nSPS) is 11.2. The number of hydrogen-bond acceptors (Lipinski definition) is 5. The first kappa shape index (κ1) is 12.9. The monoisotopic (exact) mass is 242 g/mol. The van der Waals surface area contributed by atoms with Crippen molar-refractivity contribution in [1.82, 2.24) is 14.7 Å². The predicted octanol–water partition coefficient (Wildman–Crippen LogP) is 1.43. The van der Waals surface area contributed by atoms with E-state index < -0.39 is 0 Å². The largest absolute Gasteiger partial charge is 0.351 e. The highest BCUT2D eigenvalue weighted by Gasteiger charge is 2.13. The Bertz CT molecular complexity index is 356. The molecule has 0 aliphatic heterocycles. The zero-order valence-electron chi connectivity index (χ0n) is 10.1. The van der Waals surface area contributed by atoms with Crippen molar-refractivity contribution in [3.63, 3.8) is 0 Å². The lowest BCUT2D eigenvalue weighted by Crippen LogP contribution is -2.43. The molecule has 2 N–H and O–H groups in total. The molecule has 0 aliphatic carbocycles. The smallest absolute Gasteiger partial charge is 0.239 e. The molecule has 0 aromatic carbocycles. The van der Waals surface area contributed by atoms with Gasteiger partial charge >= 0.3 is 0 Å². The van der Waals surface area contributed by atoms with Crippen LogP contribution in [0.15, 0.2) is 0 Å². The van der Waals surface area contributed by atoms with E-state index in [0.717, 1.165) is 12.2 Å². The molecule has 1 heterocycles. The van der Waals surface area contributed by atoms with Crippen LogP contribution in [0, 0.1) is 0 Å². The lowest BCUT2D eigenvalue weighted by atomic mass is 10.1. The average Bonchev–Trinajstić information content (AvgIpc) is 2.59. The summed E-state index contributed by atoms with van der Waals surface area (Å²) in [6.07, 6.45) is 0.812. The molecule has 5 nitrogen and oxygen atoms in total. The predicted molar refractivity (Wildman–Crippen MR) is 65.7 cm³/mol. The van der Waals surface area contributed by atoms with Crippen molar-refractivity contribution in [3.05, 3.63) is 5.82 Å². The van der Waals surface area contributed by atoms with Crippen LogP contribution in [-0.2, 0) is 11.2 Å². The van der Waals surface area contributed by atoms with Crippen molar-refractivity contribution in [2.45, 2.75) is 39.7 Å². The number of anilines is 1. The van der Waals surface area contributed by atoms with Crippen molar-refractivity contribution in [1.29, 1.82) is 0 Å². The molecule has 1 amide bonds. The number of carbonyl (C=O) groups is 1. The van der Waals surface area contributed by atoms with Gasteiger partial charge in [-0.15, -0.1) is 0 Å². The van der Waals surface area contributed by atoms with E-state index >= 15 is 0 Å². The summed E-state index contributed by atoms with van der Waals surface area (Å²) in [5, 5.41) is 6.52. The maximum absolute atomic E-state index is 11.5. The molecular formula is C10H18N4OS. The van der Waals surface area contributed by atoms with Gasteiger partial charge in [-0.3, -0.25) is 4.79 Å². The van der Waals surface area contributed by atoms with Gasteiger partial charge in [-0.1, -0.05) is 6.92 Å². The van der Waals surface area contributed by atoms with Crippen LogP contribution in [-0.4, -0.2) is 27.3 Å². The van der Waals surface area contributed by atoms with Gasteiger partial charge in [-0.25, -0.2) is 4.98 Å². The number of aryl methyl sites for hydroxylation is 1. The number of aromatic nitrogens is 2. The molecular weight excluding hydrogens is 224 g/mol. The number of nitrogens with one attached hydrogen (secondary N) is 2. The summed E-state index contributed by atoms with van der Waals surface area (Å²) in [5.41, 5.74) is -0.200. The number of amides is 1. The number of nitrogens with zero attached hydrogens (tertiary/aromatic N) is 2. The fourth-order valence-electron chi connectivity index (χ4n) is 1.09. The van der Waals surface area contributed by atoms with Crippen LogP contribution < -0.4 is 10.6 Å². The topological polar surface area (TPSA) is 66.9 Å². The van der Waals surface area contributed by atoms with Gasteiger partial charge in [0.05, 0.1) is 6.54 Å². The first-order chi connectivity index (χ1) is 7.40. The van der Waals surface area contributed by atoms with Crippen LogP contribution in [0.5, 0.6) is 0 Å². The Hall–Kier alpha value is -1.17. The van der Waals surface area contributed by atoms with E-state index in [9.17, 15) is 4.79 Å². The van der Waals surface area contributed by atoms with Crippen LogP contribution in [0.3, 0.4) is 0 Å². The summed E-state index contributed by atoms with van der Waals surface area (Å²) in [4.78, 5) is 15.7. The van der Waals surface area contributed by atoms with Gasteiger partial charge in [0.1, 0.15) is 5.82 Å². The standard InChI is InChI=1S/C10H18N4OS/c1-5-7-12-9(16-14-7)11-6-8(15)13-10(2,3)4/h5-6H2,1-4H3,(H,13,15)(H,11,12,14). The third kappa shape index (κ3) is 4.57. The quantitative estimate of drug-likeness (QED) is 0.838. The highest BCUT2D eigenvalue weighted by Crippen LogP contribution is 2.10. The Kier molecular flexibility index (Phi) is 4.23. The molecule has 90 valence electrons. The maximum Gasteiger partial charge on any atom is 0.239 e. The van der Waals surface area contributed by atoms with E-state index in [4.69, 9.17) is 0 Å². The summed E-state index contributed by atoms with van der Waals surface area (Å²) < 4.78 is 4.12. The Morgan fingerprint density at radius 3 is 2.62 bits per heavy atom. The molecule has 0 unspecified atom stereocenters. The summed E-state index contributed by atoms with van der Waals surface area (Å²) >= 11 is 1.28. The fourth-order valence-corrected chi connectivity index (χ4v) is 1.73. The molecule has 0 saturated carbocycles. The second kappa shape index (κ2) is 5.25. The van der Waals surface area contributed by atoms with E-state index in [0.29, 0.717) is 5.13 Å². The van der Waals surface area contributed by atoms with E-state index in [2.05, 4.69) is 20.0 Å². The molecule has 0 atom stereocenters. The molecule has 0 bridgehead atoms. The third-order valence-electron chi connectivity index (χ3n) is 1.70. The highest BCUT2D eigenvalue weighted by molar-refractivity contribution is 7.09. The van der Waals surface area contributed by atoms with Gasteiger partial charge < -0.3 is 10.6 Å². The zero-order chi connectivity index (χ0) is 12.2. The third-order valence-corrected chi connectivity index (χ3v) is 2.41. The van der Waals surface area contributed by atoms with Gasteiger partial charge in [0.15, 0.2) is 0 Å². The lowest BCUT2D eigenvalue weighted by Gasteiger charge is -2.20. The number of carbonyl (C=O) groups excluding carboxylic acids is 1. The van der Waals surface area contributed by atoms with Crippen LogP contribution in [0.4, 0.5) is 5.13 Å². The molecule has 6 heteroatoms. The highest BCUT2D eigenvalue weighted by atomic mass is 32.1. The van der Waals surface area contributed by atoms with Gasteiger partial charge in [0.2, 0.25) is 11.0 Å². The molecule has 1 aromatic rings. The van der Waals surface area contributed by atoms with E-state index in [1.807, 2.05) is 27.7 Å². The number of hydrogen-bond donors (Lipinski definition) is 2. The fraction of sp³-hybridized carbons (Fsp3) is 0.700. The second-order valence-corrected chi connectivity index (χ2v) is 5.27. The Morgan fingerprint density at radius 2 is 2.12 bits per heavy atom. The van der Waals surface area contributed by atoms with E-state index in [-0.39, 0.29) is 18.0 Å². The SMILES string of the molecule is CCc1nsc(NCC(=O)NC(C)(C)C)n1. The minimum atomic E-state index is -0.200. The zero-order valence-corrected chi connectivity index (χ0v) is 10.9. The summed E-state index contributed by atoms with van der Waals surface area (Å²) in [7, 11) is 0. The van der Waals surface area contributed by atoms with Gasteiger partial charge in [0.25, 0.3) is 0 Å². The van der Waals surface area contributed by atoms with Gasteiger partial charge in [-0.2, -0.15) is 4.37 Å². The lowest BCUT2D eigenvalue weighted by molar-refractivity contribution is -0.120. The molecule has 0 fully saturated rings. The van der Waals surface area contributed by atoms with Crippen LogP contribution in [0.25, 0.3) is 0 Å². The molecule has 16 heavy (non-hydrogen) atoms. The van der Waals surface area contributed by atoms with Crippen LogP contribution in [0.2, 0.25) is 0 Å². The van der Waals surface area contributed by atoms with E-state index in [1.54, 1.807) is 0 Å². The molecule has 1 rings (SSSR count). The van der Waals surface area contributed by atoms with Crippen LogP contribution in [0.1, 0.15) is 33.5 Å². The Balaban J connectivity index is 2.37. The van der Waals surface area contributed by atoms with Crippen molar-refractivity contribution in [2.75, 3.05) is 11.9 Å². The van der Waals surface area contributed by atoms with Gasteiger partial charge in [0, 0.05) is 23.5 Å². The first-order valence-corrected chi connectivity index (χ1v) is 6.05. The Morgan fingerprint density at radius 1 is 1.44 bits per heavy atom.